The molecule has 3 aromatic carbocycles. The number of ketones is 1. The number of aliphatic hydroxyl groups is 1. The molecule has 8 nitrogen and oxygen atoms in total. The molecule has 0 spiro atoms. The second-order valence-electron chi connectivity index (χ2n) is 9.24. The van der Waals surface area contributed by atoms with E-state index < -0.39 is 17.7 Å². The van der Waals surface area contributed by atoms with E-state index in [0.717, 1.165) is 29.7 Å². The summed E-state index contributed by atoms with van der Waals surface area (Å²) in [5, 5.41) is 11.6. The van der Waals surface area contributed by atoms with Crippen LogP contribution in [0.5, 0.6) is 23.0 Å². The fourth-order valence-electron chi connectivity index (χ4n) is 5.04. The van der Waals surface area contributed by atoms with Crippen LogP contribution in [0.25, 0.3) is 5.76 Å². The second-order valence-corrected chi connectivity index (χ2v) is 9.24. The number of nitrogens with zero attached hydrogens (tertiary/aromatic N) is 1. The van der Waals surface area contributed by atoms with Crippen molar-refractivity contribution in [2.24, 2.45) is 0 Å². The van der Waals surface area contributed by atoms with Gasteiger partial charge >= 0.3 is 0 Å². The highest BCUT2D eigenvalue weighted by Crippen LogP contribution is 2.47. The normalized spacial score (nSPS) is 18.1. The van der Waals surface area contributed by atoms with Gasteiger partial charge in [-0.1, -0.05) is 17.7 Å². The number of hydrogen-bond acceptors (Lipinski definition) is 7. The molecule has 1 unspecified atom stereocenters. The molecule has 0 saturated carbocycles. The fraction of sp³-hybridized carbons (Fsp3) is 0.267. The van der Waals surface area contributed by atoms with Gasteiger partial charge in [0.05, 0.1) is 39.6 Å². The van der Waals surface area contributed by atoms with Gasteiger partial charge in [-0.3, -0.25) is 14.5 Å². The number of carbonyl (C=O) groups excluding carboxylic acids is 2. The van der Waals surface area contributed by atoms with Crippen molar-refractivity contribution < 1.29 is 33.6 Å². The molecule has 2 aliphatic heterocycles. The van der Waals surface area contributed by atoms with Crippen LogP contribution in [0.3, 0.4) is 0 Å². The van der Waals surface area contributed by atoms with Crippen LogP contribution in [0.2, 0.25) is 0 Å². The minimum absolute atomic E-state index is 0.0264. The number of amides is 1. The number of aryl methyl sites for hydroxylation is 2. The van der Waals surface area contributed by atoms with E-state index in [4.69, 9.17) is 18.9 Å². The van der Waals surface area contributed by atoms with Crippen molar-refractivity contribution in [3.05, 3.63) is 82.4 Å². The Morgan fingerprint density at radius 2 is 1.63 bits per heavy atom. The number of hydrogen-bond donors (Lipinski definition) is 1. The van der Waals surface area contributed by atoms with Gasteiger partial charge in [0.2, 0.25) is 5.75 Å². The van der Waals surface area contributed by atoms with Crippen LogP contribution in [0.4, 0.5) is 5.69 Å². The van der Waals surface area contributed by atoms with Crippen molar-refractivity contribution in [3.63, 3.8) is 0 Å². The number of benzene rings is 3. The lowest BCUT2D eigenvalue weighted by Gasteiger charge is -2.27. The van der Waals surface area contributed by atoms with Crippen LogP contribution in [-0.4, -0.2) is 44.7 Å². The Hall–Kier alpha value is -4.46. The molecule has 5 rings (SSSR count). The number of methoxy groups -OCH3 is 3. The molecular formula is C30H29NO7. The van der Waals surface area contributed by atoms with E-state index in [0.29, 0.717) is 40.7 Å². The first-order valence-corrected chi connectivity index (χ1v) is 12.3. The minimum atomic E-state index is -0.946. The van der Waals surface area contributed by atoms with Crippen molar-refractivity contribution in [2.75, 3.05) is 32.8 Å². The van der Waals surface area contributed by atoms with E-state index in [9.17, 15) is 14.7 Å². The Morgan fingerprint density at radius 3 is 2.26 bits per heavy atom. The lowest BCUT2D eigenvalue weighted by Crippen LogP contribution is -2.29. The average Bonchev–Trinajstić information content (AvgIpc) is 3.21. The van der Waals surface area contributed by atoms with E-state index >= 15 is 0 Å². The second kappa shape index (κ2) is 10.1. The van der Waals surface area contributed by atoms with E-state index in [-0.39, 0.29) is 11.3 Å². The summed E-state index contributed by atoms with van der Waals surface area (Å²) in [4.78, 5) is 28.5. The maximum absolute atomic E-state index is 13.6. The zero-order valence-corrected chi connectivity index (χ0v) is 21.7. The smallest absolute Gasteiger partial charge is 0.300 e. The number of anilines is 1. The molecule has 1 saturated heterocycles. The van der Waals surface area contributed by atoms with Crippen molar-refractivity contribution in [1.29, 1.82) is 0 Å². The number of ether oxygens (including phenoxy) is 4. The molecule has 2 heterocycles. The third kappa shape index (κ3) is 4.22. The maximum Gasteiger partial charge on any atom is 0.300 e. The summed E-state index contributed by atoms with van der Waals surface area (Å²) in [6, 6.07) is 15.0. The molecule has 1 amide bonds. The standard InChI is InChI=1S/C30H29NO7/c1-17-7-10-21(11-8-17)31-26(20-15-23(35-2)29(37-4)24(16-20)36-3)25(28(33)30(31)34)27(32)19-9-12-22-18(14-19)6-5-13-38-22/h7-12,14-16,26,32H,5-6,13H2,1-4H3/b27-25+. The molecule has 3 aromatic rings. The van der Waals surface area contributed by atoms with E-state index in [1.165, 1.54) is 26.2 Å². The first-order valence-electron chi connectivity index (χ1n) is 12.3. The Morgan fingerprint density at radius 1 is 0.947 bits per heavy atom. The summed E-state index contributed by atoms with van der Waals surface area (Å²) in [7, 11) is 4.48. The molecule has 196 valence electrons. The molecule has 1 atom stereocenters. The quantitative estimate of drug-likeness (QED) is 0.281. The molecule has 38 heavy (non-hydrogen) atoms. The first-order chi connectivity index (χ1) is 18.4. The van der Waals surface area contributed by atoms with Crippen LogP contribution in [0.1, 0.15) is 34.7 Å². The summed E-state index contributed by atoms with van der Waals surface area (Å²) in [6.07, 6.45) is 1.66. The molecule has 1 fully saturated rings. The third-order valence-electron chi connectivity index (χ3n) is 6.94. The number of Topliss-reactive ketones (excluding diaryl/α,β-unsaturated/α-hetero) is 1. The lowest BCUT2D eigenvalue weighted by atomic mass is 9.93. The van der Waals surface area contributed by atoms with E-state index in [2.05, 4.69) is 0 Å². The van der Waals surface area contributed by atoms with Gasteiger partial charge in [-0.05, 0) is 73.4 Å². The first kappa shape index (κ1) is 25.2. The molecular weight excluding hydrogens is 486 g/mol. The van der Waals surface area contributed by atoms with E-state index in [1.54, 1.807) is 36.4 Å². The zero-order valence-electron chi connectivity index (χ0n) is 21.7. The van der Waals surface area contributed by atoms with Crippen molar-refractivity contribution in [3.8, 4) is 23.0 Å². The minimum Gasteiger partial charge on any atom is -0.507 e. The van der Waals surface area contributed by atoms with Gasteiger partial charge in [0.1, 0.15) is 11.5 Å². The van der Waals surface area contributed by atoms with Crippen LogP contribution in [0, 0.1) is 6.92 Å². The van der Waals surface area contributed by atoms with Gasteiger partial charge in [0.15, 0.2) is 11.5 Å². The molecule has 0 aromatic heterocycles. The summed E-state index contributed by atoms with van der Waals surface area (Å²) < 4.78 is 22.3. The Kier molecular flexibility index (Phi) is 6.72. The molecule has 0 radical (unpaired) electrons. The molecule has 0 aliphatic carbocycles. The van der Waals surface area contributed by atoms with Gasteiger partial charge in [0, 0.05) is 11.3 Å². The Balaban J connectivity index is 1.74. The van der Waals surface area contributed by atoms with Crippen LogP contribution >= 0.6 is 0 Å². The zero-order chi connectivity index (χ0) is 27.0. The highest BCUT2D eigenvalue weighted by Gasteiger charge is 2.47. The molecule has 0 bridgehead atoms. The van der Waals surface area contributed by atoms with Gasteiger partial charge in [-0.25, -0.2) is 0 Å². The maximum atomic E-state index is 13.6. The van der Waals surface area contributed by atoms with Crippen molar-refractivity contribution >= 4 is 23.1 Å². The SMILES string of the molecule is COc1cc(C2/C(=C(\O)c3ccc4c(c3)CCCO4)C(=O)C(=O)N2c2ccc(C)cc2)cc(OC)c1OC. The van der Waals surface area contributed by atoms with Gasteiger partial charge < -0.3 is 24.1 Å². The summed E-state index contributed by atoms with van der Waals surface area (Å²) in [5.74, 6) is 0.0793. The summed E-state index contributed by atoms with van der Waals surface area (Å²) in [5.41, 5.74) is 3.40. The highest BCUT2D eigenvalue weighted by atomic mass is 16.5. The van der Waals surface area contributed by atoms with Crippen molar-refractivity contribution in [2.45, 2.75) is 25.8 Å². The largest absolute Gasteiger partial charge is 0.507 e. The molecule has 1 N–H and O–H groups in total. The molecule has 8 heteroatoms. The monoisotopic (exact) mass is 515 g/mol. The van der Waals surface area contributed by atoms with Crippen LogP contribution in [-0.2, 0) is 16.0 Å². The number of fused-ring (bicyclic) bond motifs is 1. The van der Waals surface area contributed by atoms with Gasteiger partial charge in [-0.15, -0.1) is 0 Å². The number of rotatable bonds is 6. The summed E-state index contributed by atoms with van der Waals surface area (Å²) in [6.45, 7) is 2.58. The fourth-order valence-corrected chi connectivity index (χ4v) is 5.04. The van der Waals surface area contributed by atoms with E-state index in [1.807, 2.05) is 25.1 Å². The third-order valence-corrected chi connectivity index (χ3v) is 6.94. The number of carbonyl (C=O) groups is 2. The topological polar surface area (TPSA) is 94.5 Å². The van der Waals surface area contributed by atoms with Crippen LogP contribution in [0.15, 0.2) is 60.2 Å². The molecule has 2 aliphatic rings. The van der Waals surface area contributed by atoms with Crippen LogP contribution < -0.4 is 23.8 Å². The highest BCUT2D eigenvalue weighted by molar-refractivity contribution is 6.51. The predicted molar refractivity (Wildman–Crippen MR) is 142 cm³/mol. The predicted octanol–water partition coefficient (Wildman–Crippen LogP) is 4.97. The lowest BCUT2D eigenvalue weighted by molar-refractivity contribution is -0.132. The summed E-state index contributed by atoms with van der Waals surface area (Å²) >= 11 is 0. The average molecular weight is 516 g/mol. The van der Waals surface area contributed by atoms with Crippen molar-refractivity contribution in [1.82, 2.24) is 0 Å². The Labute approximate surface area is 221 Å². The Bertz CT molecular complexity index is 1420. The van der Waals surface area contributed by atoms with Gasteiger partial charge in [0.25, 0.3) is 11.7 Å². The van der Waals surface area contributed by atoms with Gasteiger partial charge in [-0.2, -0.15) is 0 Å². The number of aliphatic hydroxyl groups excluding tert-OH is 1.